The van der Waals surface area contributed by atoms with Gasteiger partial charge in [-0.25, -0.2) is 4.39 Å². The summed E-state index contributed by atoms with van der Waals surface area (Å²) in [6, 6.07) is 10.4. The van der Waals surface area contributed by atoms with Crippen molar-refractivity contribution in [3.8, 4) is 16.9 Å². The lowest BCUT2D eigenvalue weighted by atomic mass is 9.94. The molecule has 3 rings (SSSR count). The van der Waals surface area contributed by atoms with Gasteiger partial charge in [0.1, 0.15) is 11.6 Å². The van der Waals surface area contributed by atoms with Gasteiger partial charge in [-0.3, -0.25) is 0 Å². The zero-order valence-corrected chi connectivity index (χ0v) is 9.86. The number of fused-ring (bicyclic) bond motifs is 3. The van der Waals surface area contributed by atoms with Crippen LogP contribution in [0.2, 0.25) is 0 Å². The fourth-order valence-electron chi connectivity index (χ4n) is 2.86. The van der Waals surface area contributed by atoms with Crippen molar-refractivity contribution in [3.05, 3.63) is 53.3 Å². The van der Waals surface area contributed by atoms with Crippen LogP contribution in [0.1, 0.15) is 23.5 Å². The minimum Gasteiger partial charge on any atom is -0.507 e. The molecule has 0 heterocycles. The van der Waals surface area contributed by atoms with E-state index in [1.807, 2.05) is 12.1 Å². The number of benzene rings is 2. The second kappa shape index (κ2) is 4.10. The summed E-state index contributed by atoms with van der Waals surface area (Å²) in [4.78, 5) is 0. The van der Waals surface area contributed by atoms with E-state index in [4.69, 9.17) is 5.73 Å². The van der Waals surface area contributed by atoms with Crippen LogP contribution in [0.5, 0.6) is 5.75 Å². The first-order chi connectivity index (χ1) is 8.74. The van der Waals surface area contributed by atoms with Gasteiger partial charge >= 0.3 is 0 Å². The summed E-state index contributed by atoms with van der Waals surface area (Å²) >= 11 is 0. The van der Waals surface area contributed by atoms with Crippen molar-refractivity contribution in [3.63, 3.8) is 0 Å². The van der Waals surface area contributed by atoms with Gasteiger partial charge in [0.15, 0.2) is 0 Å². The topological polar surface area (TPSA) is 46.2 Å². The number of aromatic hydroxyl groups is 1. The van der Waals surface area contributed by atoms with Crippen LogP contribution in [-0.2, 0) is 0 Å². The maximum absolute atomic E-state index is 14.0. The molecule has 1 aliphatic rings. The molecule has 0 saturated heterocycles. The number of halogens is 1. The summed E-state index contributed by atoms with van der Waals surface area (Å²) in [5.74, 6) is -0.0593. The van der Waals surface area contributed by atoms with Crippen LogP contribution < -0.4 is 5.73 Å². The van der Waals surface area contributed by atoms with E-state index < -0.39 is 0 Å². The molecule has 0 spiro atoms. The van der Waals surface area contributed by atoms with E-state index in [1.165, 1.54) is 6.07 Å². The fraction of sp³-hybridized carbons (Fsp3) is 0.200. The summed E-state index contributed by atoms with van der Waals surface area (Å²) < 4.78 is 14.0. The highest BCUT2D eigenvalue weighted by atomic mass is 19.1. The zero-order valence-electron chi connectivity index (χ0n) is 9.86. The fourth-order valence-corrected chi connectivity index (χ4v) is 2.86. The Morgan fingerprint density at radius 2 is 1.72 bits per heavy atom. The van der Waals surface area contributed by atoms with Gasteiger partial charge in [-0.2, -0.15) is 0 Å². The zero-order chi connectivity index (χ0) is 12.7. The molecule has 0 aromatic heterocycles. The van der Waals surface area contributed by atoms with Gasteiger partial charge < -0.3 is 10.8 Å². The number of rotatable bonds is 2. The molecular weight excluding hydrogens is 229 g/mol. The van der Waals surface area contributed by atoms with Crippen molar-refractivity contribution in [2.45, 2.75) is 12.3 Å². The molecule has 2 aromatic rings. The molecule has 2 aromatic carbocycles. The summed E-state index contributed by atoms with van der Waals surface area (Å²) in [5, 5.41) is 9.99. The molecule has 1 atom stereocenters. The van der Waals surface area contributed by atoms with Gasteiger partial charge in [-0.15, -0.1) is 0 Å². The Morgan fingerprint density at radius 3 is 2.44 bits per heavy atom. The molecule has 92 valence electrons. The maximum atomic E-state index is 14.0. The van der Waals surface area contributed by atoms with Crippen molar-refractivity contribution in [2.24, 2.45) is 5.73 Å². The molecule has 0 amide bonds. The lowest BCUT2D eigenvalue weighted by Gasteiger charge is -2.11. The van der Waals surface area contributed by atoms with Gasteiger partial charge in [-0.1, -0.05) is 24.3 Å². The average Bonchev–Trinajstić information content (AvgIpc) is 2.68. The smallest absolute Gasteiger partial charge is 0.131 e. The van der Waals surface area contributed by atoms with E-state index in [-0.39, 0.29) is 17.5 Å². The van der Waals surface area contributed by atoms with E-state index in [0.717, 1.165) is 17.5 Å². The first-order valence-corrected chi connectivity index (χ1v) is 6.04. The van der Waals surface area contributed by atoms with Crippen LogP contribution in [0.15, 0.2) is 36.4 Å². The second-order valence-electron chi connectivity index (χ2n) is 4.58. The Labute approximate surface area is 105 Å². The summed E-state index contributed by atoms with van der Waals surface area (Å²) in [5.41, 5.74) is 8.70. The third kappa shape index (κ3) is 1.44. The first kappa shape index (κ1) is 11.2. The third-order valence-corrected chi connectivity index (χ3v) is 3.58. The van der Waals surface area contributed by atoms with Crippen molar-refractivity contribution < 1.29 is 9.50 Å². The van der Waals surface area contributed by atoms with Crippen molar-refractivity contribution in [1.29, 1.82) is 0 Å². The van der Waals surface area contributed by atoms with Gasteiger partial charge in [0.25, 0.3) is 0 Å². The lowest BCUT2D eigenvalue weighted by Crippen LogP contribution is -2.06. The highest BCUT2D eigenvalue weighted by molar-refractivity contribution is 5.83. The Balaban J connectivity index is 2.31. The van der Waals surface area contributed by atoms with Gasteiger partial charge in [0, 0.05) is 17.0 Å². The van der Waals surface area contributed by atoms with E-state index in [9.17, 15) is 9.50 Å². The molecule has 3 N–H and O–H groups in total. The summed E-state index contributed by atoms with van der Waals surface area (Å²) in [7, 11) is 0. The first-order valence-electron chi connectivity index (χ1n) is 6.04. The van der Waals surface area contributed by atoms with Crippen molar-refractivity contribution >= 4 is 0 Å². The standard InChI is InChI=1S/C15H14FNO/c16-12-5-1-3-10-9(7-8-17)11-4-2-6-13(18)15(11)14(10)12/h1-6,9,18H,7-8,17H2. The Kier molecular flexibility index (Phi) is 2.56. The molecule has 0 saturated carbocycles. The molecule has 0 aliphatic heterocycles. The van der Waals surface area contributed by atoms with E-state index in [0.29, 0.717) is 17.7 Å². The number of phenolic OH excluding ortho intramolecular Hbond substituents is 1. The molecule has 1 aliphatic carbocycles. The minimum absolute atomic E-state index is 0.0859. The average molecular weight is 243 g/mol. The SMILES string of the molecule is NCCC1c2cccc(O)c2-c2c(F)cccc21. The van der Waals surface area contributed by atoms with Gasteiger partial charge in [0.2, 0.25) is 0 Å². The molecule has 0 fully saturated rings. The van der Waals surface area contributed by atoms with E-state index in [1.54, 1.807) is 18.2 Å². The second-order valence-corrected chi connectivity index (χ2v) is 4.58. The van der Waals surface area contributed by atoms with Crippen LogP contribution in [-0.4, -0.2) is 11.7 Å². The summed E-state index contributed by atoms with van der Waals surface area (Å²) in [6.07, 6.45) is 0.757. The Bertz CT molecular complexity index is 558. The molecule has 2 nitrogen and oxygen atoms in total. The molecular formula is C15H14FNO. The van der Waals surface area contributed by atoms with Crippen LogP contribution in [0.3, 0.4) is 0 Å². The van der Waals surface area contributed by atoms with Crippen LogP contribution >= 0.6 is 0 Å². The third-order valence-electron chi connectivity index (χ3n) is 3.58. The van der Waals surface area contributed by atoms with Crippen molar-refractivity contribution in [1.82, 2.24) is 0 Å². The predicted molar refractivity (Wildman–Crippen MR) is 69.0 cm³/mol. The normalized spacial score (nSPS) is 16.4. The van der Waals surface area contributed by atoms with E-state index >= 15 is 0 Å². The van der Waals surface area contributed by atoms with Gasteiger partial charge in [-0.05, 0) is 36.2 Å². The number of nitrogens with two attached hydrogens (primary N) is 1. The highest BCUT2D eigenvalue weighted by Crippen LogP contribution is 2.50. The Hall–Kier alpha value is -1.87. The number of hydrogen-bond acceptors (Lipinski definition) is 2. The highest BCUT2D eigenvalue weighted by Gasteiger charge is 2.32. The van der Waals surface area contributed by atoms with Crippen LogP contribution in [0, 0.1) is 5.82 Å². The monoisotopic (exact) mass is 243 g/mol. The molecule has 0 radical (unpaired) electrons. The number of hydrogen-bond donors (Lipinski definition) is 2. The van der Waals surface area contributed by atoms with Crippen molar-refractivity contribution in [2.75, 3.05) is 6.54 Å². The molecule has 0 bridgehead atoms. The van der Waals surface area contributed by atoms with Crippen LogP contribution in [0.25, 0.3) is 11.1 Å². The minimum atomic E-state index is -0.283. The molecule has 3 heteroatoms. The maximum Gasteiger partial charge on any atom is 0.131 e. The molecule has 1 unspecified atom stereocenters. The lowest BCUT2D eigenvalue weighted by molar-refractivity contribution is 0.476. The largest absolute Gasteiger partial charge is 0.507 e. The predicted octanol–water partition coefficient (Wildman–Crippen LogP) is 2.99. The van der Waals surface area contributed by atoms with Gasteiger partial charge in [0.05, 0.1) is 0 Å². The summed E-state index contributed by atoms with van der Waals surface area (Å²) in [6.45, 7) is 0.537. The number of phenols is 1. The van der Waals surface area contributed by atoms with Crippen LogP contribution in [0.4, 0.5) is 4.39 Å². The quantitative estimate of drug-likeness (QED) is 0.851. The molecule has 18 heavy (non-hydrogen) atoms. The Morgan fingerprint density at radius 1 is 1.06 bits per heavy atom. The van der Waals surface area contributed by atoms with E-state index in [2.05, 4.69) is 0 Å².